The van der Waals surface area contributed by atoms with Gasteiger partial charge in [0, 0.05) is 13.1 Å². The summed E-state index contributed by atoms with van der Waals surface area (Å²) in [4.78, 5) is 14.5. The molecule has 0 unspecified atom stereocenters. The molecule has 1 aliphatic heterocycles. The molecular formula is C15H18FN5. The van der Waals surface area contributed by atoms with Crippen LogP contribution in [-0.4, -0.2) is 28.0 Å². The van der Waals surface area contributed by atoms with E-state index in [0.717, 1.165) is 24.6 Å². The van der Waals surface area contributed by atoms with Crippen molar-refractivity contribution < 1.29 is 4.39 Å². The molecule has 21 heavy (non-hydrogen) atoms. The van der Waals surface area contributed by atoms with E-state index in [4.69, 9.17) is 0 Å². The summed E-state index contributed by atoms with van der Waals surface area (Å²) in [5.74, 6) is 0.761. The minimum absolute atomic E-state index is 0.192. The Morgan fingerprint density at radius 3 is 2.67 bits per heavy atom. The van der Waals surface area contributed by atoms with Gasteiger partial charge in [-0.15, -0.1) is 0 Å². The molecule has 0 bridgehead atoms. The quantitative estimate of drug-likeness (QED) is 0.937. The predicted octanol–water partition coefficient (Wildman–Crippen LogP) is 2.92. The minimum atomic E-state index is -0.399. The first-order chi connectivity index (χ1) is 10.3. The Balaban J connectivity index is 1.76. The summed E-state index contributed by atoms with van der Waals surface area (Å²) in [6, 6.07) is 3.85. The summed E-state index contributed by atoms with van der Waals surface area (Å²) in [5, 5.41) is 2.96. The maximum Gasteiger partial charge on any atom is 0.187 e. The number of anilines is 3. The van der Waals surface area contributed by atoms with Crippen molar-refractivity contribution in [1.29, 1.82) is 0 Å². The Morgan fingerprint density at radius 1 is 1.19 bits per heavy atom. The van der Waals surface area contributed by atoms with Crippen molar-refractivity contribution in [3.8, 4) is 0 Å². The Hall–Kier alpha value is -2.24. The van der Waals surface area contributed by atoms with Gasteiger partial charge >= 0.3 is 0 Å². The minimum Gasteiger partial charge on any atom is -0.357 e. The number of rotatable bonds is 4. The number of pyridine rings is 1. The second-order valence-electron chi connectivity index (χ2n) is 5.06. The molecule has 1 fully saturated rings. The molecule has 0 atom stereocenters. The standard InChI is InChI=1S/C15H18FN5/c1-2-12-14(16)15(19-10-18-12)20-11-5-6-13(17-9-11)21-7-3-4-8-21/h5-6,9-10H,2-4,7-8H2,1H3,(H,18,19,20). The molecule has 110 valence electrons. The third-order valence-electron chi connectivity index (χ3n) is 3.64. The summed E-state index contributed by atoms with van der Waals surface area (Å²) >= 11 is 0. The lowest BCUT2D eigenvalue weighted by Gasteiger charge is -2.16. The van der Waals surface area contributed by atoms with Gasteiger partial charge in [-0.3, -0.25) is 0 Å². The number of halogens is 1. The number of aryl methyl sites for hydroxylation is 1. The zero-order valence-corrected chi connectivity index (χ0v) is 12.0. The van der Waals surface area contributed by atoms with E-state index >= 15 is 0 Å². The van der Waals surface area contributed by atoms with Crippen LogP contribution in [0.5, 0.6) is 0 Å². The van der Waals surface area contributed by atoms with Crippen LogP contribution in [0.1, 0.15) is 25.5 Å². The highest BCUT2D eigenvalue weighted by atomic mass is 19.1. The van der Waals surface area contributed by atoms with E-state index < -0.39 is 5.82 Å². The number of nitrogens with one attached hydrogen (secondary N) is 1. The van der Waals surface area contributed by atoms with Crippen molar-refractivity contribution in [1.82, 2.24) is 15.0 Å². The second-order valence-corrected chi connectivity index (χ2v) is 5.06. The number of aromatic nitrogens is 3. The molecule has 1 saturated heterocycles. The zero-order chi connectivity index (χ0) is 14.7. The van der Waals surface area contributed by atoms with Crippen LogP contribution >= 0.6 is 0 Å². The fourth-order valence-electron chi connectivity index (χ4n) is 2.47. The lowest BCUT2D eigenvalue weighted by Crippen LogP contribution is -2.18. The van der Waals surface area contributed by atoms with Crippen molar-refractivity contribution >= 4 is 17.3 Å². The first-order valence-corrected chi connectivity index (χ1v) is 7.25. The van der Waals surface area contributed by atoms with Gasteiger partial charge in [-0.1, -0.05) is 6.92 Å². The Morgan fingerprint density at radius 2 is 2.00 bits per heavy atom. The fraction of sp³-hybridized carbons (Fsp3) is 0.400. The van der Waals surface area contributed by atoms with Crippen molar-refractivity contribution in [3.63, 3.8) is 0 Å². The fourth-order valence-corrected chi connectivity index (χ4v) is 2.47. The summed E-state index contributed by atoms with van der Waals surface area (Å²) in [6.07, 6.45) is 6.05. The van der Waals surface area contributed by atoms with E-state index in [9.17, 15) is 4.39 Å². The van der Waals surface area contributed by atoms with Crippen molar-refractivity contribution in [2.75, 3.05) is 23.3 Å². The highest BCUT2D eigenvalue weighted by Gasteiger charge is 2.14. The Labute approximate surface area is 123 Å². The molecule has 0 aliphatic carbocycles. The highest BCUT2D eigenvalue weighted by molar-refractivity contribution is 5.58. The highest BCUT2D eigenvalue weighted by Crippen LogP contribution is 2.22. The topological polar surface area (TPSA) is 53.9 Å². The van der Waals surface area contributed by atoms with Gasteiger partial charge in [0.1, 0.15) is 12.1 Å². The molecule has 6 heteroatoms. The SMILES string of the molecule is CCc1ncnc(Nc2ccc(N3CCCC3)nc2)c1F. The first-order valence-electron chi connectivity index (χ1n) is 7.25. The molecule has 0 radical (unpaired) electrons. The average Bonchev–Trinajstić information content (AvgIpc) is 3.04. The van der Waals surface area contributed by atoms with Gasteiger partial charge in [0.2, 0.25) is 0 Å². The van der Waals surface area contributed by atoms with Crippen LogP contribution in [0.15, 0.2) is 24.7 Å². The first kappa shape index (κ1) is 13.7. The van der Waals surface area contributed by atoms with Crippen LogP contribution in [0.4, 0.5) is 21.7 Å². The van der Waals surface area contributed by atoms with Crippen LogP contribution < -0.4 is 10.2 Å². The van der Waals surface area contributed by atoms with E-state index in [1.165, 1.54) is 19.2 Å². The summed E-state index contributed by atoms with van der Waals surface area (Å²) in [5.41, 5.74) is 1.13. The van der Waals surface area contributed by atoms with Gasteiger partial charge in [-0.2, -0.15) is 0 Å². The summed E-state index contributed by atoms with van der Waals surface area (Å²) in [6.45, 7) is 3.97. The molecule has 2 aromatic rings. The van der Waals surface area contributed by atoms with Gasteiger partial charge in [0.25, 0.3) is 0 Å². The third kappa shape index (κ3) is 2.94. The normalized spacial score (nSPS) is 14.5. The van der Waals surface area contributed by atoms with E-state index in [1.807, 2.05) is 19.1 Å². The maximum atomic E-state index is 14.1. The summed E-state index contributed by atoms with van der Waals surface area (Å²) < 4.78 is 14.1. The molecule has 3 rings (SSSR count). The monoisotopic (exact) mass is 287 g/mol. The second kappa shape index (κ2) is 6.03. The van der Waals surface area contributed by atoms with E-state index in [1.54, 1.807) is 6.20 Å². The van der Waals surface area contributed by atoms with Gasteiger partial charge in [-0.05, 0) is 31.4 Å². The maximum absolute atomic E-state index is 14.1. The van der Waals surface area contributed by atoms with E-state index in [0.29, 0.717) is 12.1 Å². The molecule has 0 aromatic carbocycles. The van der Waals surface area contributed by atoms with Gasteiger partial charge < -0.3 is 10.2 Å². The van der Waals surface area contributed by atoms with Crippen LogP contribution in [-0.2, 0) is 6.42 Å². The molecule has 5 nitrogen and oxygen atoms in total. The van der Waals surface area contributed by atoms with Gasteiger partial charge in [0.15, 0.2) is 11.6 Å². The average molecular weight is 287 g/mol. The van der Waals surface area contributed by atoms with Crippen LogP contribution in [0.2, 0.25) is 0 Å². The van der Waals surface area contributed by atoms with E-state index in [2.05, 4.69) is 25.2 Å². The van der Waals surface area contributed by atoms with E-state index in [-0.39, 0.29) is 5.82 Å². The predicted molar refractivity (Wildman–Crippen MR) is 80.3 cm³/mol. The lowest BCUT2D eigenvalue weighted by atomic mass is 10.3. The Kier molecular flexibility index (Phi) is 3.94. The van der Waals surface area contributed by atoms with Crippen molar-refractivity contribution in [3.05, 3.63) is 36.2 Å². The molecule has 0 saturated carbocycles. The third-order valence-corrected chi connectivity index (χ3v) is 3.64. The van der Waals surface area contributed by atoms with Crippen LogP contribution in [0.3, 0.4) is 0 Å². The zero-order valence-electron chi connectivity index (χ0n) is 12.0. The lowest BCUT2D eigenvalue weighted by molar-refractivity contribution is 0.598. The van der Waals surface area contributed by atoms with Crippen LogP contribution in [0, 0.1) is 5.82 Å². The number of nitrogens with zero attached hydrogens (tertiary/aromatic N) is 4. The van der Waals surface area contributed by atoms with Crippen molar-refractivity contribution in [2.45, 2.75) is 26.2 Å². The Bertz CT molecular complexity index is 608. The molecule has 1 aliphatic rings. The largest absolute Gasteiger partial charge is 0.357 e. The molecule has 2 aromatic heterocycles. The summed E-state index contributed by atoms with van der Waals surface area (Å²) in [7, 11) is 0. The molecule has 3 heterocycles. The number of hydrogen-bond acceptors (Lipinski definition) is 5. The van der Waals surface area contributed by atoms with Gasteiger partial charge in [-0.25, -0.2) is 19.3 Å². The number of hydrogen-bond donors (Lipinski definition) is 1. The van der Waals surface area contributed by atoms with Crippen LogP contribution in [0.25, 0.3) is 0 Å². The molecule has 0 amide bonds. The van der Waals surface area contributed by atoms with Crippen molar-refractivity contribution in [2.24, 2.45) is 0 Å². The molecule has 0 spiro atoms. The molecular weight excluding hydrogens is 269 g/mol. The van der Waals surface area contributed by atoms with Gasteiger partial charge in [0.05, 0.1) is 17.6 Å². The molecule has 1 N–H and O–H groups in total. The smallest absolute Gasteiger partial charge is 0.187 e.